The lowest BCUT2D eigenvalue weighted by molar-refractivity contribution is -0.117. The first-order valence-electron chi connectivity index (χ1n) is 8.09. The first-order valence-corrected chi connectivity index (χ1v) is 8.09. The number of hydrogen-bond donors (Lipinski definition) is 2. The number of hydrogen-bond acceptors (Lipinski definition) is 5. The van der Waals surface area contributed by atoms with Crippen molar-refractivity contribution in [1.82, 2.24) is 4.90 Å². The normalized spacial score (nSPS) is 14.3. The number of amides is 3. The first-order chi connectivity index (χ1) is 12.5. The number of benzene rings is 2. The van der Waals surface area contributed by atoms with E-state index in [2.05, 4.69) is 0 Å². The minimum Gasteiger partial charge on any atom is -0.491 e. The van der Waals surface area contributed by atoms with Crippen LogP contribution in [-0.2, 0) is 11.2 Å². The van der Waals surface area contributed by atoms with Crippen LogP contribution in [-0.4, -0.2) is 47.0 Å². The number of carbonyl (C=O) groups excluding carboxylic acids is 3. The number of imide groups is 1. The highest BCUT2D eigenvalue weighted by Crippen LogP contribution is 2.22. The van der Waals surface area contributed by atoms with Gasteiger partial charge < -0.3 is 15.6 Å². The molecule has 1 atom stereocenters. The third-order valence-electron chi connectivity index (χ3n) is 4.02. The molecule has 1 unspecified atom stereocenters. The Morgan fingerprint density at radius 3 is 2.15 bits per heavy atom. The van der Waals surface area contributed by atoms with Crippen LogP contribution in [0.4, 0.5) is 0 Å². The summed E-state index contributed by atoms with van der Waals surface area (Å²) in [6.07, 6.45) is -0.884. The fraction of sp³-hybridized carbons (Fsp3) is 0.211. The molecule has 2 aromatic carbocycles. The van der Waals surface area contributed by atoms with Gasteiger partial charge in [0.25, 0.3) is 11.8 Å². The van der Waals surface area contributed by atoms with Gasteiger partial charge in [-0.1, -0.05) is 24.3 Å². The molecule has 0 aliphatic carbocycles. The second-order valence-corrected chi connectivity index (χ2v) is 6.02. The van der Waals surface area contributed by atoms with Gasteiger partial charge >= 0.3 is 0 Å². The van der Waals surface area contributed by atoms with E-state index in [-0.39, 0.29) is 19.6 Å². The zero-order chi connectivity index (χ0) is 18.7. The molecule has 26 heavy (non-hydrogen) atoms. The monoisotopic (exact) mass is 354 g/mol. The number of aliphatic hydroxyl groups is 1. The number of nitrogens with two attached hydrogens (primary N) is 1. The van der Waals surface area contributed by atoms with Crippen molar-refractivity contribution in [1.29, 1.82) is 0 Å². The lowest BCUT2D eigenvalue weighted by atomic mass is 10.1. The van der Waals surface area contributed by atoms with Crippen LogP contribution in [0.3, 0.4) is 0 Å². The number of ether oxygens (including phenoxy) is 1. The lowest BCUT2D eigenvalue weighted by Crippen LogP contribution is -2.39. The van der Waals surface area contributed by atoms with Gasteiger partial charge in [-0.05, 0) is 29.8 Å². The molecule has 1 aliphatic heterocycles. The predicted molar refractivity (Wildman–Crippen MR) is 92.7 cm³/mol. The molecule has 134 valence electrons. The van der Waals surface area contributed by atoms with Crippen molar-refractivity contribution in [3.63, 3.8) is 0 Å². The Bertz CT molecular complexity index is 812. The van der Waals surface area contributed by atoms with Crippen LogP contribution in [0, 0.1) is 0 Å². The van der Waals surface area contributed by atoms with Gasteiger partial charge in [0, 0.05) is 0 Å². The number of aliphatic hydroxyl groups excluding tert-OH is 1. The molecule has 3 rings (SSSR count). The second kappa shape index (κ2) is 7.37. The molecule has 1 aliphatic rings. The Hall–Kier alpha value is -3.19. The summed E-state index contributed by atoms with van der Waals surface area (Å²) in [6.45, 7) is -0.228. The molecule has 0 radical (unpaired) electrons. The fourth-order valence-corrected chi connectivity index (χ4v) is 2.77. The van der Waals surface area contributed by atoms with Crippen LogP contribution in [0.5, 0.6) is 5.75 Å². The molecule has 0 bridgehead atoms. The molecule has 3 amide bonds. The molecule has 2 aromatic rings. The standard InChI is InChI=1S/C19H18N2O5/c20-17(23)9-12-5-7-14(8-6-12)26-11-13(22)10-21-18(24)15-3-1-2-4-16(15)19(21)25/h1-8,13,22H,9-11H2,(H2,20,23). The van der Waals surface area contributed by atoms with Crippen LogP contribution in [0.1, 0.15) is 26.3 Å². The first kappa shape index (κ1) is 17.6. The van der Waals surface area contributed by atoms with E-state index in [1.165, 1.54) is 0 Å². The van der Waals surface area contributed by atoms with E-state index in [1.54, 1.807) is 48.5 Å². The maximum absolute atomic E-state index is 12.3. The van der Waals surface area contributed by atoms with Crippen molar-refractivity contribution in [2.24, 2.45) is 5.73 Å². The SMILES string of the molecule is NC(=O)Cc1ccc(OCC(O)CN2C(=O)c3ccccc3C2=O)cc1. The van der Waals surface area contributed by atoms with E-state index in [0.717, 1.165) is 10.5 Å². The minimum absolute atomic E-state index is 0.0808. The van der Waals surface area contributed by atoms with Crippen LogP contribution in [0.25, 0.3) is 0 Å². The van der Waals surface area contributed by atoms with Gasteiger partial charge in [-0.15, -0.1) is 0 Å². The summed E-state index contributed by atoms with van der Waals surface area (Å²) in [5.74, 6) is -0.754. The summed E-state index contributed by atoms with van der Waals surface area (Å²) < 4.78 is 5.47. The molecule has 3 N–H and O–H groups in total. The molecular weight excluding hydrogens is 336 g/mol. The minimum atomic E-state index is -1.03. The lowest BCUT2D eigenvalue weighted by Gasteiger charge is -2.19. The van der Waals surface area contributed by atoms with Crippen molar-refractivity contribution < 1.29 is 24.2 Å². The van der Waals surface area contributed by atoms with Crippen molar-refractivity contribution >= 4 is 17.7 Å². The molecule has 0 saturated carbocycles. The fourth-order valence-electron chi connectivity index (χ4n) is 2.77. The van der Waals surface area contributed by atoms with E-state index in [0.29, 0.717) is 16.9 Å². The molecule has 1 heterocycles. The van der Waals surface area contributed by atoms with Gasteiger partial charge in [0.2, 0.25) is 5.91 Å². The zero-order valence-electron chi connectivity index (χ0n) is 13.9. The predicted octanol–water partition coefficient (Wildman–Crippen LogP) is 0.750. The van der Waals surface area contributed by atoms with Crippen molar-refractivity contribution in [3.8, 4) is 5.75 Å². The third kappa shape index (κ3) is 3.73. The Labute approximate surface area is 150 Å². The zero-order valence-corrected chi connectivity index (χ0v) is 13.9. The summed E-state index contributed by atoms with van der Waals surface area (Å²) >= 11 is 0. The molecule has 7 heteroatoms. The van der Waals surface area contributed by atoms with Gasteiger partial charge in [-0.3, -0.25) is 19.3 Å². The van der Waals surface area contributed by atoms with E-state index in [9.17, 15) is 19.5 Å². The van der Waals surface area contributed by atoms with Crippen LogP contribution >= 0.6 is 0 Å². The largest absolute Gasteiger partial charge is 0.491 e. The summed E-state index contributed by atoms with van der Waals surface area (Å²) in [4.78, 5) is 36.4. The van der Waals surface area contributed by atoms with Crippen molar-refractivity contribution in [3.05, 3.63) is 65.2 Å². The second-order valence-electron chi connectivity index (χ2n) is 6.02. The Kier molecular flexibility index (Phi) is 4.99. The Morgan fingerprint density at radius 2 is 1.62 bits per heavy atom. The van der Waals surface area contributed by atoms with Crippen LogP contribution in [0.15, 0.2) is 48.5 Å². The van der Waals surface area contributed by atoms with Gasteiger partial charge in [-0.25, -0.2) is 0 Å². The maximum Gasteiger partial charge on any atom is 0.261 e. The summed E-state index contributed by atoms with van der Waals surface area (Å²) in [5.41, 5.74) is 6.58. The van der Waals surface area contributed by atoms with Crippen molar-refractivity contribution in [2.75, 3.05) is 13.2 Å². The quantitative estimate of drug-likeness (QED) is 0.713. The van der Waals surface area contributed by atoms with E-state index < -0.39 is 23.8 Å². The Morgan fingerprint density at radius 1 is 1.04 bits per heavy atom. The van der Waals surface area contributed by atoms with E-state index >= 15 is 0 Å². The van der Waals surface area contributed by atoms with Crippen LogP contribution in [0.2, 0.25) is 0 Å². The molecular formula is C19H18N2O5. The highest BCUT2D eigenvalue weighted by atomic mass is 16.5. The number of rotatable bonds is 7. The van der Waals surface area contributed by atoms with Gasteiger partial charge in [0.15, 0.2) is 0 Å². The number of carbonyl (C=O) groups is 3. The molecule has 7 nitrogen and oxygen atoms in total. The smallest absolute Gasteiger partial charge is 0.261 e. The third-order valence-corrected chi connectivity index (χ3v) is 4.02. The summed E-state index contributed by atoms with van der Waals surface area (Å²) in [6, 6.07) is 13.3. The number of primary amides is 1. The number of β-amino-alcohol motifs (C(OH)–C–C–N with tert-alkyl or cyclic N) is 1. The maximum atomic E-state index is 12.3. The van der Waals surface area contributed by atoms with Crippen LogP contribution < -0.4 is 10.5 Å². The summed E-state index contributed by atoms with van der Waals surface area (Å²) in [5, 5.41) is 10.1. The number of nitrogens with zero attached hydrogens (tertiary/aromatic N) is 1. The van der Waals surface area contributed by atoms with Gasteiger partial charge in [-0.2, -0.15) is 0 Å². The van der Waals surface area contributed by atoms with E-state index in [4.69, 9.17) is 10.5 Å². The summed E-state index contributed by atoms with van der Waals surface area (Å²) in [7, 11) is 0. The highest BCUT2D eigenvalue weighted by Gasteiger charge is 2.36. The topological polar surface area (TPSA) is 110 Å². The van der Waals surface area contributed by atoms with Gasteiger partial charge in [0.05, 0.1) is 24.1 Å². The van der Waals surface area contributed by atoms with Crippen molar-refractivity contribution in [2.45, 2.75) is 12.5 Å². The molecule has 0 fully saturated rings. The average molecular weight is 354 g/mol. The Balaban J connectivity index is 1.55. The highest BCUT2D eigenvalue weighted by molar-refractivity contribution is 6.21. The van der Waals surface area contributed by atoms with E-state index in [1.807, 2.05) is 0 Å². The average Bonchev–Trinajstić information content (AvgIpc) is 2.86. The van der Waals surface area contributed by atoms with Gasteiger partial charge in [0.1, 0.15) is 18.5 Å². The number of fused-ring (bicyclic) bond motifs is 1. The molecule has 0 spiro atoms. The molecule has 0 aromatic heterocycles. The molecule has 0 saturated heterocycles.